The Balaban J connectivity index is 1.13. The predicted molar refractivity (Wildman–Crippen MR) is 164 cm³/mol. The summed E-state index contributed by atoms with van der Waals surface area (Å²) in [7, 11) is 0. The molecule has 45 heavy (non-hydrogen) atoms. The van der Waals surface area contributed by atoms with Crippen LogP contribution in [0.4, 0.5) is 8.78 Å². The van der Waals surface area contributed by atoms with Crippen LogP contribution >= 0.6 is 0 Å². The molecule has 1 unspecified atom stereocenters. The largest absolute Gasteiger partial charge is 0.490 e. The van der Waals surface area contributed by atoms with Crippen LogP contribution in [0, 0.1) is 43.2 Å². The summed E-state index contributed by atoms with van der Waals surface area (Å²) in [5.74, 6) is -0.385. The molecule has 0 bridgehead atoms. The number of benzene rings is 2. The van der Waals surface area contributed by atoms with Crippen molar-refractivity contribution in [1.29, 1.82) is 0 Å². The second-order valence-corrected chi connectivity index (χ2v) is 14.2. The first-order valence-corrected chi connectivity index (χ1v) is 15.6. The number of hydrogen-bond acceptors (Lipinski definition) is 7. The van der Waals surface area contributed by atoms with Crippen LogP contribution in [0.25, 0.3) is 11.1 Å². The maximum Gasteiger partial charge on any atom is 0.310 e. The van der Waals surface area contributed by atoms with E-state index in [1.807, 2.05) is 52.8 Å². The minimum absolute atomic E-state index is 0.0305. The van der Waals surface area contributed by atoms with E-state index >= 15 is 4.39 Å². The molecule has 7 nitrogen and oxygen atoms in total. The molecule has 9 heteroatoms. The van der Waals surface area contributed by atoms with Gasteiger partial charge in [0.1, 0.15) is 29.6 Å². The minimum atomic E-state index is -1.12. The Morgan fingerprint density at radius 2 is 1.71 bits per heavy atom. The SMILES string of the molecule is Cc1cc(O[C@H]2C[C@H](C(C)(O)CO)C2)cc(C)c1-c1cc(COc2cc3c(cn2)[C@H]2[C@@H](C3)[C@@H]2C(=O)OC(C)(C)C)c(F)cc1F. The summed E-state index contributed by atoms with van der Waals surface area (Å²) in [4.78, 5) is 17.0. The molecular weight excluding hydrogens is 580 g/mol. The van der Waals surface area contributed by atoms with E-state index in [4.69, 9.17) is 14.2 Å². The average Bonchev–Trinajstić information content (AvgIpc) is 3.51. The average molecular weight is 622 g/mol. The van der Waals surface area contributed by atoms with Crippen molar-refractivity contribution in [3.63, 3.8) is 0 Å². The zero-order valence-corrected chi connectivity index (χ0v) is 26.6. The molecule has 3 aliphatic carbocycles. The van der Waals surface area contributed by atoms with Crippen LogP contribution in [0.1, 0.15) is 74.3 Å². The van der Waals surface area contributed by atoms with E-state index in [0.717, 1.165) is 34.7 Å². The standard InChI is InChI=1S/C36H41F2NO6/c1-18-7-23(44-24-12-22(13-24)36(6,42)17-40)8-19(2)31(18)25-10-21(28(37)14-29(25)38)16-43-30-11-20-9-26-32(27(20)15-39-30)33(26)34(41)45-35(3,4)5/h7-8,10-11,14-15,22,24,26,32-33,40,42H,9,12-13,16-17H2,1-6H3/t22-,24-,26-,32-,33+,36?/m1/s1. The van der Waals surface area contributed by atoms with E-state index in [1.54, 1.807) is 13.1 Å². The van der Waals surface area contributed by atoms with Crippen molar-refractivity contribution in [1.82, 2.24) is 4.98 Å². The number of aryl methyl sites for hydroxylation is 2. The fraction of sp³-hybridized carbons (Fsp3) is 0.500. The minimum Gasteiger partial charge on any atom is -0.490 e. The molecule has 0 aliphatic heterocycles. The summed E-state index contributed by atoms with van der Waals surface area (Å²) in [6.07, 6.45) is 3.67. The summed E-state index contributed by atoms with van der Waals surface area (Å²) in [5, 5.41) is 19.6. The third-order valence-corrected chi connectivity index (χ3v) is 9.55. The lowest BCUT2D eigenvalue weighted by molar-refractivity contribution is -0.157. The quantitative estimate of drug-likeness (QED) is 0.269. The summed E-state index contributed by atoms with van der Waals surface area (Å²) < 4.78 is 47.7. The van der Waals surface area contributed by atoms with Gasteiger partial charge in [-0.25, -0.2) is 13.8 Å². The van der Waals surface area contributed by atoms with Crippen molar-refractivity contribution in [3.05, 3.63) is 76.0 Å². The van der Waals surface area contributed by atoms with Gasteiger partial charge in [-0.05, 0) is 119 Å². The van der Waals surface area contributed by atoms with Crippen molar-refractivity contribution in [2.24, 2.45) is 17.8 Å². The summed E-state index contributed by atoms with van der Waals surface area (Å²) in [6, 6.07) is 7.90. The van der Waals surface area contributed by atoms with Crippen LogP contribution in [-0.2, 0) is 22.6 Å². The van der Waals surface area contributed by atoms with Gasteiger partial charge in [-0.1, -0.05) is 0 Å². The highest BCUT2D eigenvalue weighted by molar-refractivity contribution is 5.80. The van der Waals surface area contributed by atoms with Crippen molar-refractivity contribution < 1.29 is 38.0 Å². The van der Waals surface area contributed by atoms with Crippen LogP contribution in [0.3, 0.4) is 0 Å². The maximum absolute atomic E-state index is 15.2. The zero-order valence-electron chi connectivity index (χ0n) is 26.6. The molecule has 2 fully saturated rings. The lowest BCUT2D eigenvalue weighted by Crippen LogP contribution is -2.49. The third-order valence-electron chi connectivity index (χ3n) is 9.55. The van der Waals surface area contributed by atoms with Crippen molar-refractivity contribution in [3.8, 4) is 22.8 Å². The van der Waals surface area contributed by atoms with Gasteiger partial charge in [0.05, 0.1) is 24.2 Å². The smallest absolute Gasteiger partial charge is 0.310 e. The van der Waals surface area contributed by atoms with Crippen molar-refractivity contribution >= 4 is 5.97 Å². The van der Waals surface area contributed by atoms with Crippen molar-refractivity contribution in [2.45, 2.75) is 90.6 Å². The number of aromatic nitrogens is 1. The lowest BCUT2D eigenvalue weighted by atomic mass is 9.72. The first-order chi connectivity index (χ1) is 21.1. The fourth-order valence-electron chi connectivity index (χ4n) is 6.99. The van der Waals surface area contributed by atoms with Gasteiger partial charge in [-0.15, -0.1) is 0 Å². The molecule has 2 aromatic carbocycles. The molecule has 0 spiro atoms. The Hall–Kier alpha value is -3.56. The number of carbonyl (C=O) groups is 1. The van der Waals surface area contributed by atoms with Gasteiger partial charge in [0, 0.05) is 35.4 Å². The van der Waals surface area contributed by atoms with E-state index in [2.05, 4.69) is 4.98 Å². The van der Waals surface area contributed by atoms with Gasteiger partial charge in [0.2, 0.25) is 5.88 Å². The summed E-state index contributed by atoms with van der Waals surface area (Å²) >= 11 is 0. The number of halogens is 2. The van der Waals surface area contributed by atoms with Crippen molar-refractivity contribution in [2.75, 3.05) is 6.61 Å². The Morgan fingerprint density at radius 1 is 1.02 bits per heavy atom. The molecule has 2 N–H and O–H groups in total. The third kappa shape index (κ3) is 6.17. The number of carbonyl (C=O) groups excluding carboxylic acids is 1. The number of hydrogen-bond donors (Lipinski definition) is 2. The number of esters is 1. The second kappa shape index (κ2) is 11.4. The summed E-state index contributed by atoms with van der Waals surface area (Å²) in [6.45, 7) is 10.5. The van der Waals surface area contributed by atoms with Gasteiger partial charge >= 0.3 is 5.97 Å². The first kappa shape index (κ1) is 31.4. The maximum atomic E-state index is 15.2. The normalized spacial score (nSPS) is 24.6. The van der Waals surface area contributed by atoms with E-state index in [9.17, 15) is 19.4 Å². The molecule has 2 saturated carbocycles. The number of ether oxygens (including phenoxy) is 3. The first-order valence-electron chi connectivity index (χ1n) is 15.6. The highest BCUT2D eigenvalue weighted by Gasteiger charge is 2.61. The van der Waals surface area contributed by atoms with E-state index < -0.39 is 22.8 Å². The van der Waals surface area contributed by atoms with Gasteiger partial charge in [-0.2, -0.15) is 0 Å². The number of fused-ring (bicyclic) bond motifs is 3. The lowest BCUT2D eigenvalue weighted by Gasteiger charge is -2.43. The Labute approximate surface area is 262 Å². The monoisotopic (exact) mass is 621 g/mol. The molecule has 0 saturated heterocycles. The molecule has 6 rings (SSSR count). The van der Waals surface area contributed by atoms with E-state index in [1.165, 1.54) is 6.07 Å². The molecule has 3 aliphatic rings. The van der Waals surface area contributed by atoms with Gasteiger partial charge in [-0.3, -0.25) is 4.79 Å². The van der Waals surface area contributed by atoms with Crippen LogP contribution < -0.4 is 9.47 Å². The Morgan fingerprint density at radius 3 is 2.36 bits per heavy atom. The van der Waals surface area contributed by atoms with Crippen LogP contribution in [0.5, 0.6) is 11.6 Å². The topological polar surface area (TPSA) is 98.1 Å². The van der Waals surface area contributed by atoms with E-state index in [0.29, 0.717) is 30.0 Å². The number of nitrogens with zero attached hydrogens (tertiary/aromatic N) is 1. The fourth-order valence-corrected chi connectivity index (χ4v) is 6.99. The highest BCUT2D eigenvalue weighted by atomic mass is 19.1. The van der Waals surface area contributed by atoms with E-state index in [-0.39, 0.29) is 60.1 Å². The number of pyridine rings is 1. The Kier molecular flexibility index (Phi) is 7.93. The molecule has 240 valence electrons. The van der Waals surface area contributed by atoms with Gasteiger partial charge in [0.15, 0.2) is 0 Å². The second-order valence-electron chi connectivity index (χ2n) is 14.2. The molecule has 0 radical (unpaired) electrons. The molecule has 1 heterocycles. The molecule has 4 atom stereocenters. The summed E-state index contributed by atoms with van der Waals surface area (Å²) in [5.41, 5.74) is 3.15. The van der Waals surface area contributed by atoms with Crippen LogP contribution in [0.2, 0.25) is 0 Å². The Bertz CT molecular complexity index is 1620. The predicted octanol–water partition coefficient (Wildman–Crippen LogP) is 6.35. The highest BCUT2D eigenvalue weighted by Crippen LogP contribution is 2.62. The number of aliphatic hydroxyl groups is 2. The molecule has 3 aromatic rings. The number of rotatable bonds is 9. The van der Waals surface area contributed by atoms with Gasteiger partial charge < -0.3 is 24.4 Å². The number of aliphatic hydroxyl groups excluding tert-OH is 1. The molecule has 1 aromatic heterocycles. The molecule has 0 amide bonds. The van der Waals surface area contributed by atoms with Crippen LogP contribution in [0.15, 0.2) is 36.5 Å². The van der Waals surface area contributed by atoms with Crippen LogP contribution in [-0.4, -0.2) is 45.1 Å². The molecular formula is C36H41F2NO6. The zero-order chi connectivity index (χ0) is 32.4. The van der Waals surface area contributed by atoms with Gasteiger partial charge in [0.25, 0.3) is 0 Å².